The van der Waals surface area contributed by atoms with Crippen LogP contribution in [0.15, 0.2) is 6.07 Å². The number of hydrogen-bond donors (Lipinski definition) is 1. The van der Waals surface area contributed by atoms with Crippen LogP contribution in [0, 0.1) is 6.92 Å². The van der Waals surface area contributed by atoms with Crippen LogP contribution in [0.1, 0.15) is 5.01 Å². The summed E-state index contributed by atoms with van der Waals surface area (Å²) in [5.41, 5.74) is 7.08. The van der Waals surface area contributed by atoms with Gasteiger partial charge in [-0.2, -0.15) is 0 Å². The molecule has 0 aliphatic heterocycles. The van der Waals surface area contributed by atoms with Gasteiger partial charge in [0.1, 0.15) is 5.52 Å². The molecule has 68 valence electrons. The zero-order valence-electron chi connectivity index (χ0n) is 6.77. The standard InChI is InChI=1S/C8H6Cl2N2S/c1-3-12-7-5(10)2-4(9)6(11)8(7)13-3/h2H,11H2,1H3. The molecule has 0 radical (unpaired) electrons. The molecular formula is C8H6Cl2N2S. The lowest BCUT2D eigenvalue weighted by atomic mass is 10.3. The fourth-order valence-corrected chi connectivity index (χ4v) is 2.66. The van der Waals surface area contributed by atoms with E-state index in [1.54, 1.807) is 6.07 Å². The Balaban J connectivity index is 2.95. The summed E-state index contributed by atoms with van der Waals surface area (Å²) in [7, 11) is 0. The van der Waals surface area contributed by atoms with Gasteiger partial charge in [-0.15, -0.1) is 11.3 Å². The first-order chi connectivity index (χ1) is 6.09. The molecule has 0 unspecified atom stereocenters. The van der Waals surface area contributed by atoms with Gasteiger partial charge in [-0.3, -0.25) is 0 Å². The van der Waals surface area contributed by atoms with E-state index in [4.69, 9.17) is 28.9 Å². The van der Waals surface area contributed by atoms with Gasteiger partial charge < -0.3 is 5.73 Å². The highest BCUT2D eigenvalue weighted by molar-refractivity contribution is 7.19. The topological polar surface area (TPSA) is 38.9 Å². The second kappa shape index (κ2) is 3.01. The summed E-state index contributed by atoms with van der Waals surface area (Å²) in [4.78, 5) is 4.26. The van der Waals surface area contributed by atoms with Gasteiger partial charge in [0.2, 0.25) is 0 Å². The molecule has 0 bridgehead atoms. The second-order valence-electron chi connectivity index (χ2n) is 2.66. The molecule has 0 aliphatic carbocycles. The Morgan fingerprint density at radius 3 is 2.77 bits per heavy atom. The van der Waals surface area contributed by atoms with Crippen molar-refractivity contribution in [3.05, 3.63) is 21.1 Å². The lowest BCUT2D eigenvalue weighted by Crippen LogP contribution is -1.86. The van der Waals surface area contributed by atoms with Crippen molar-refractivity contribution in [2.75, 3.05) is 5.73 Å². The van der Waals surface area contributed by atoms with E-state index < -0.39 is 0 Å². The Labute approximate surface area is 89.3 Å². The first-order valence-corrected chi connectivity index (χ1v) is 5.17. The van der Waals surface area contributed by atoms with Crippen LogP contribution < -0.4 is 5.73 Å². The Bertz CT molecular complexity index is 478. The largest absolute Gasteiger partial charge is 0.396 e. The maximum Gasteiger partial charge on any atom is 0.102 e. The summed E-state index contributed by atoms with van der Waals surface area (Å²) in [5.74, 6) is 0. The molecule has 2 rings (SSSR count). The number of aromatic nitrogens is 1. The van der Waals surface area contributed by atoms with Crippen molar-refractivity contribution in [2.24, 2.45) is 0 Å². The number of nitrogen functional groups attached to an aromatic ring is 1. The quantitative estimate of drug-likeness (QED) is 0.707. The number of hydrogen-bond acceptors (Lipinski definition) is 3. The fraction of sp³-hybridized carbons (Fsp3) is 0.125. The molecule has 13 heavy (non-hydrogen) atoms. The fourth-order valence-electron chi connectivity index (χ4n) is 1.14. The van der Waals surface area contributed by atoms with Crippen molar-refractivity contribution in [1.29, 1.82) is 0 Å². The van der Waals surface area contributed by atoms with Crippen molar-refractivity contribution in [3.63, 3.8) is 0 Å². The van der Waals surface area contributed by atoms with Crippen molar-refractivity contribution in [2.45, 2.75) is 6.92 Å². The highest BCUT2D eigenvalue weighted by atomic mass is 35.5. The van der Waals surface area contributed by atoms with Crippen LogP contribution in [0.5, 0.6) is 0 Å². The minimum atomic E-state index is 0.487. The third-order valence-corrected chi connectivity index (χ3v) is 3.32. The molecule has 0 fully saturated rings. The van der Waals surface area contributed by atoms with E-state index in [0.717, 1.165) is 15.2 Å². The molecule has 1 aromatic carbocycles. The SMILES string of the molecule is Cc1nc2c(Cl)cc(Cl)c(N)c2s1. The molecule has 0 aliphatic rings. The number of halogens is 2. The molecule has 0 saturated carbocycles. The van der Waals surface area contributed by atoms with Gasteiger partial charge in [0.25, 0.3) is 0 Å². The third-order valence-electron chi connectivity index (χ3n) is 1.72. The molecule has 0 spiro atoms. The smallest absolute Gasteiger partial charge is 0.102 e. The molecular weight excluding hydrogens is 227 g/mol. The molecule has 2 N–H and O–H groups in total. The highest BCUT2D eigenvalue weighted by Gasteiger charge is 2.11. The number of nitrogens with two attached hydrogens (primary N) is 1. The average Bonchev–Trinajstić information content (AvgIpc) is 2.44. The van der Waals surface area contributed by atoms with Gasteiger partial charge >= 0.3 is 0 Å². The molecule has 0 amide bonds. The molecule has 0 atom stereocenters. The number of nitrogens with zero attached hydrogens (tertiary/aromatic N) is 1. The molecule has 1 heterocycles. The summed E-state index contributed by atoms with van der Waals surface area (Å²) in [6, 6.07) is 1.62. The predicted octanol–water partition coefficient (Wildman–Crippen LogP) is 3.49. The lowest BCUT2D eigenvalue weighted by molar-refractivity contribution is 1.35. The van der Waals surface area contributed by atoms with Crippen LogP contribution in [0.3, 0.4) is 0 Å². The van der Waals surface area contributed by atoms with Gasteiger partial charge in [-0.1, -0.05) is 23.2 Å². The lowest BCUT2D eigenvalue weighted by Gasteiger charge is -1.99. The summed E-state index contributed by atoms with van der Waals surface area (Å²) >= 11 is 13.3. The third kappa shape index (κ3) is 1.37. The Morgan fingerprint density at radius 2 is 2.08 bits per heavy atom. The van der Waals surface area contributed by atoms with Crippen molar-refractivity contribution in [3.8, 4) is 0 Å². The Hall–Kier alpha value is -0.510. The van der Waals surface area contributed by atoms with Gasteiger partial charge in [0, 0.05) is 0 Å². The van der Waals surface area contributed by atoms with Gasteiger partial charge in [0.05, 0.1) is 25.4 Å². The van der Waals surface area contributed by atoms with Gasteiger partial charge in [-0.05, 0) is 13.0 Å². The van der Waals surface area contributed by atoms with E-state index in [9.17, 15) is 0 Å². The first-order valence-electron chi connectivity index (χ1n) is 3.60. The van der Waals surface area contributed by atoms with Crippen molar-refractivity contribution >= 4 is 50.4 Å². The molecule has 5 heteroatoms. The average molecular weight is 233 g/mol. The van der Waals surface area contributed by atoms with E-state index in [1.807, 2.05) is 6.92 Å². The van der Waals surface area contributed by atoms with Crippen LogP contribution in [0.2, 0.25) is 10.0 Å². The second-order valence-corrected chi connectivity index (χ2v) is 4.68. The maximum absolute atomic E-state index is 5.95. The minimum absolute atomic E-state index is 0.487. The first kappa shape index (κ1) is 9.06. The zero-order chi connectivity index (χ0) is 9.59. The molecule has 1 aromatic heterocycles. The van der Waals surface area contributed by atoms with Crippen LogP contribution in [-0.4, -0.2) is 4.98 Å². The number of rotatable bonds is 0. The number of fused-ring (bicyclic) bond motifs is 1. The number of thiazole rings is 1. The van der Waals surface area contributed by atoms with Crippen LogP contribution in [0.4, 0.5) is 5.69 Å². The van der Waals surface area contributed by atoms with Crippen LogP contribution in [0.25, 0.3) is 10.2 Å². The van der Waals surface area contributed by atoms with E-state index in [0.29, 0.717) is 15.7 Å². The van der Waals surface area contributed by atoms with Crippen molar-refractivity contribution < 1.29 is 0 Å². The van der Waals surface area contributed by atoms with E-state index in [1.165, 1.54) is 11.3 Å². The zero-order valence-corrected chi connectivity index (χ0v) is 9.09. The highest BCUT2D eigenvalue weighted by Crippen LogP contribution is 2.37. The summed E-state index contributed by atoms with van der Waals surface area (Å²) in [5, 5.41) is 1.98. The van der Waals surface area contributed by atoms with Gasteiger partial charge in [-0.25, -0.2) is 4.98 Å². The predicted molar refractivity (Wildman–Crippen MR) is 58.8 cm³/mol. The molecule has 2 nitrogen and oxygen atoms in total. The van der Waals surface area contributed by atoms with E-state index in [-0.39, 0.29) is 0 Å². The summed E-state index contributed by atoms with van der Waals surface area (Å²) in [6.07, 6.45) is 0. The van der Waals surface area contributed by atoms with Crippen LogP contribution in [-0.2, 0) is 0 Å². The Morgan fingerprint density at radius 1 is 1.38 bits per heavy atom. The monoisotopic (exact) mass is 232 g/mol. The van der Waals surface area contributed by atoms with Gasteiger partial charge in [0.15, 0.2) is 0 Å². The number of anilines is 1. The molecule has 0 saturated heterocycles. The maximum atomic E-state index is 5.95. The number of aryl methyl sites for hydroxylation is 1. The van der Waals surface area contributed by atoms with E-state index in [2.05, 4.69) is 4.98 Å². The molecule has 2 aromatic rings. The van der Waals surface area contributed by atoms with Crippen LogP contribution >= 0.6 is 34.5 Å². The van der Waals surface area contributed by atoms with Crippen molar-refractivity contribution in [1.82, 2.24) is 4.98 Å². The summed E-state index contributed by atoms with van der Waals surface area (Å²) < 4.78 is 0.870. The summed E-state index contributed by atoms with van der Waals surface area (Å²) in [6.45, 7) is 1.91. The normalized spacial score (nSPS) is 11.0. The van der Waals surface area contributed by atoms with E-state index >= 15 is 0 Å². The number of benzene rings is 1. The minimum Gasteiger partial charge on any atom is -0.396 e. The Kier molecular flexibility index (Phi) is 2.10.